The second kappa shape index (κ2) is 9.19. The lowest BCUT2D eigenvalue weighted by Gasteiger charge is -2.32. The zero-order chi connectivity index (χ0) is 21.7. The number of rotatable bonds is 9. The van der Waals surface area contributed by atoms with Gasteiger partial charge in [0.15, 0.2) is 6.61 Å². The molecule has 1 aliphatic carbocycles. The summed E-state index contributed by atoms with van der Waals surface area (Å²) in [4.78, 5) is 33.1. The van der Waals surface area contributed by atoms with Gasteiger partial charge in [-0.1, -0.05) is 6.92 Å². The van der Waals surface area contributed by atoms with E-state index in [4.69, 9.17) is 4.74 Å². The van der Waals surface area contributed by atoms with E-state index < -0.39 is 30.6 Å². The lowest BCUT2D eigenvalue weighted by atomic mass is 10.0. The number of pyridine rings is 1. The molecule has 8 nitrogen and oxygen atoms in total. The molecule has 0 aromatic carbocycles. The monoisotopic (exact) mass is 421 g/mol. The first-order valence-corrected chi connectivity index (χ1v) is 9.84. The molecule has 10 heteroatoms. The summed E-state index contributed by atoms with van der Waals surface area (Å²) >= 11 is 0. The highest BCUT2D eigenvalue weighted by Gasteiger charge is 2.39. The van der Waals surface area contributed by atoms with Gasteiger partial charge in [-0.15, -0.1) is 0 Å². The number of nitrogens with zero attached hydrogens (tertiary/aromatic N) is 2. The Labute approximate surface area is 173 Å². The zero-order valence-electron chi connectivity index (χ0n) is 16.8. The summed E-state index contributed by atoms with van der Waals surface area (Å²) < 4.78 is 30.1. The van der Waals surface area contributed by atoms with Crippen LogP contribution in [0.4, 0.5) is 8.78 Å². The van der Waals surface area contributed by atoms with E-state index in [2.05, 4.69) is 25.9 Å². The Morgan fingerprint density at radius 2 is 2.17 bits per heavy atom. The predicted molar refractivity (Wildman–Crippen MR) is 106 cm³/mol. The number of alkyl halides is 2. The van der Waals surface area contributed by atoms with Gasteiger partial charge >= 0.3 is 0 Å². The Bertz CT molecular complexity index is 857. The van der Waals surface area contributed by atoms with Crippen molar-refractivity contribution < 1.29 is 23.1 Å². The van der Waals surface area contributed by atoms with Gasteiger partial charge in [0.05, 0.1) is 12.3 Å². The number of hydrogen-bond acceptors (Lipinski definition) is 6. The summed E-state index contributed by atoms with van der Waals surface area (Å²) in [6.45, 7) is 2.75. The van der Waals surface area contributed by atoms with E-state index in [0.717, 1.165) is 18.4 Å². The molecule has 2 aliphatic rings. The largest absolute Gasteiger partial charge is 0.471 e. The Hall–Kier alpha value is -3.04. The minimum absolute atomic E-state index is 0.206. The van der Waals surface area contributed by atoms with Crippen molar-refractivity contribution in [3.05, 3.63) is 35.8 Å². The van der Waals surface area contributed by atoms with Crippen molar-refractivity contribution in [2.45, 2.75) is 57.2 Å². The highest BCUT2D eigenvalue weighted by Crippen LogP contribution is 2.44. The molecule has 1 aliphatic heterocycles. The zero-order valence-corrected chi connectivity index (χ0v) is 16.8. The van der Waals surface area contributed by atoms with Crippen LogP contribution in [0.5, 0.6) is 5.88 Å². The molecule has 0 spiro atoms. The third kappa shape index (κ3) is 5.11. The van der Waals surface area contributed by atoms with E-state index in [1.807, 2.05) is 6.07 Å². The summed E-state index contributed by atoms with van der Waals surface area (Å²) in [6, 6.07) is 1.37. The van der Waals surface area contributed by atoms with Gasteiger partial charge in [-0.3, -0.25) is 14.6 Å². The molecule has 3 N–H and O–H groups in total. The first kappa shape index (κ1) is 21.7. The first-order chi connectivity index (χ1) is 14.3. The molecule has 30 heavy (non-hydrogen) atoms. The van der Waals surface area contributed by atoms with Crippen LogP contribution in [0.25, 0.3) is 0 Å². The van der Waals surface area contributed by atoms with Crippen molar-refractivity contribution in [1.29, 1.82) is 0 Å². The quantitative estimate of drug-likeness (QED) is 0.567. The van der Waals surface area contributed by atoms with Crippen molar-refractivity contribution >= 4 is 18.0 Å². The van der Waals surface area contributed by atoms with Gasteiger partial charge in [0, 0.05) is 30.6 Å². The smallest absolute Gasteiger partial charge is 0.272 e. The van der Waals surface area contributed by atoms with Crippen LogP contribution in [-0.4, -0.2) is 41.7 Å². The van der Waals surface area contributed by atoms with Crippen LogP contribution in [0, 0.1) is 0 Å². The SMILES string of the molecule is CCC(=O)NC1(C(=O)NC(C)c2cnc(OCC(F)F)c(C3CC3)c2)C=NC=CN1. The van der Waals surface area contributed by atoms with Crippen LogP contribution >= 0.6 is 0 Å². The maximum atomic E-state index is 13.0. The van der Waals surface area contributed by atoms with E-state index in [-0.39, 0.29) is 24.1 Å². The van der Waals surface area contributed by atoms with Gasteiger partial charge in [0.25, 0.3) is 12.3 Å². The Kier molecular flexibility index (Phi) is 6.63. The molecule has 0 saturated heterocycles. The molecule has 1 saturated carbocycles. The molecule has 1 aromatic heterocycles. The van der Waals surface area contributed by atoms with Crippen LogP contribution in [0.15, 0.2) is 29.7 Å². The molecule has 2 atom stereocenters. The topological polar surface area (TPSA) is 105 Å². The second-order valence-corrected chi connectivity index (χ2v) is 7.28. The van der Waals surface area contributed by atoms with Crippen molar-refractivity contribution in [3.63, 3.8) is 0 Å². The molecule has 1 fully saturated rings. The Morgan fingerprint density at radius 1 is 1.40 bits per heavy atom. The van der Waals surface area contributed by atoms with Gasteiger partial charge in [-0.25, -0.2) is 13.8 Å². The first-order valence-electron chi connectivity index (χ1n) is 9.84. The maximum absolute atomic E-state index is 13.0. The lowest BCUT2D eigenvalue weighted by molar-refractivity contribution is -0.132. The fourth-order valence-corrected chi connectivity index (χ4v) is 3.03. The fourth-order valence-electron chi connectivity index (χ4n) is 3.03. The van der Waals surface area contributed by atoms with Crippen LogP contribution in [0.2, 0.25) is 0 Å². The summed E-state index contributed by atoms with van der Waals surface area (Å²) in [5, 5.41) is 8.35. The minimum Gasteiger partial charge on any atom is -0.471 e. The highest BCUT2D eigenvalue weighted by atomic mass is 19.3. The predicted octanol–water partition coefficient (Wildman–Crippen LogP) is 2.15. The summed E-state index contributed by atoms with van der Waals surface area (Å²) in [5.74, 6) is -0.375. The molecule has 2 heterocycles. The third-order valence-corrected chi connectivity index (χ3v) is 4.87. The van der Waals surface area contributed by atoms with Gasteiger partial charge in [0.1, 0.15) is 0 Å². The second-order valence-electron chi connectivity index (χ2n) is 7.28. The lowest BCUT2D eigenvalue weighted by Crippen LogP contribution is -2.67. The summed E-state index contributed by atoms with van der Waals surface area (Å²) in [5.41, 5.74) is -0.0261. The Morgan fingerprint density at radius 3 is 2.77 bits per heavy atom. The molecular formula is C20H25F2N5O3. The van der Waals surface area contributed by atoms with Crippen LogP contribution in [-0.2, 0) is 9.59 Å². The number of aromatic nitrogens is 1. The van der Waals surface area contributed by atoms with Gasteiger partial charge in [-0.05, 0) is 37.3 Å². The summed E-state index contributed by atoms with van der Waals surface area (Å²) in [6.07, 6.45) is 5.28. The van der Waals surface area contributed by atoms with Crippen molar-refractivity contribution in [2.75, 3.05) is 6.61 Å². The van der Waals surface area contributed by atoms with Crippen LogP contribution in [0.1, 0.15) is 56.2 Å². The number of aliphatic imine (C=N–C) groups is 1. The van der Waals surface area contributed by atoms with E-state index >= 15 is 0 Å². The molecule has 0 bridgehead atoms. The Balaban J connectivity index is 1.75. The van der Waals surface area contributed by atoms with Crippen LogP contribution < -0.4 is 20.7 Å². The molecule has 0 radical (unpaired) electrons. The van der Waals surface area contributed by atoms with Gasteiger partial charge in [0.2, 0.25) is 17.5 Å². The number of nitrogens with one attached hydrogen (secondary N) is 3. The standard InChI is InChI=1S/C20H25F2N5O3/c1-3-17(28)27-20(11-23-6-7-25-20)19(29)26-12(2)14-8-15(13-4-5-13)18(24-9-14)30-10-16(21)22/h6-9,11-13,16,25H,3-5,10H2,1-2H3,(H,26,29)(H,27,28). The molecular weight excluding hydrogens is 396 g/mol. The maximum Gasteiger partial charge on any atom is 0.272 e. The average molecular weight is 421 g/mol. The van der Waals surface area contributed by atoms with Gasteiger partial charge in [-0.2, -0.15) is 0 Å². The average Bonchev–Trinajstić information content (AvgIpc) is 3.57. The van der Waals surface area contributed by atoms with Crippen molar-refractivity contribution in [3.8, 4) is 5.88 Å². The molecule has 1 aromatic rings. The van der Waals surface area contributed by atoms with Crippen LogP contribution in [0.3, 0.4) is 0 Å². The van der Waals surface area contributed by atoms with Crippen molar-refractivity contribution in [2.24, 2.45) is 4.99 Å². The fraction of sp³-hybridized carbons (Fsp3) is 0.500. The summed E-state index contributed by atoms with van der Waals surface area (Å²) in [7, 11) is 0. The normalized spacial score (nSPS) is 21.1. The molecule has 162 valence electrons. The molecule has 2 unspecified atom stereocenters. The molecule has 3 rings (SSSR count). The third-order valence-electron chi connectivity index (χ3n) is 4.87. The number of halogens is 2. The van der Waals surface area contributed by atoms with E-state index in [0.29, 0.717) is 5.56 Å². The number of hydrogen-bond donors (Lipinski definition) is 3. The van der Waals surface area contributed by atoms with E-state index in [1.165, 1.54) is 24.8 Å². The van der Waals surface area contributed by atoms with Gasteiger partial charge < -0.3 is 20.7 Å². The van der Waals surface area contributed by atoms with E-state index in [1.54, 1.807) is 13.8 Å². The van der Waals surface area contributed by atoms with Crippen molar-refractivity contribution in [1.82, 2.24) is 20.9 Å². The highest BCUT2D eigenvalue weighted by molar-refractivity contribution is 6.06. The number of carbonyl (C=O) groups excluding carboxylic acids is 2. The number of carbonyl (C=O) groups is 2. The van der Waals surface area contributed by atoms with E-state index in [9.17, 15) is 18.4 Å². The molecule has 2 amide bonds. The minimum atomic E-state index is -2.58. The number of amides is 2. The number of ether oxygens (including phenoxy) is 1.